The number of aromatic nitrogens is 1. The molecule has 0 N–H and O–H groups in total. The van der Waals surface area contributed by atoms with Gasteiger partial charge in [0.1, 0.15) is 18.2 Å². The summed E-state index contributed by atoms with van der Waals surface area (Å²) in [5.41, 5.74) is 12.5. The second kappa shape index (κ2) is 10.1. The summed E-state index contributed by atoms with van der Waals surface area (Å²) in [4.78, 5) is 0. The quantitative estimate of drug-likeness (QED) is 0.212. The highest BCUT2D eigenvalue weighted by molar-refractivity contribution is 6.14. The molecule has 0 saturated heterocycles. The van der Waals surface area contributed by atoms with Crippen molar-refractivity contribution in [2.45, 2.75) is 45.4 Å². The molecule has 1 aliphatic carbocycles. The van der Waals surface area contributed by atoms with Crippen molar-refractivity contribution in [3.05, 3.63) is 113 Å². The molecule has 6 aromatic rings. The van der Waals surface area contributed by atoms with Gasteiger partial charge in [-0.1, -0.05) is 79.6 Å². The van der Waals surface area contributed by atoms with E-state index >= 15 is 0 Å². The molecule has 0 unspecified atom stereocenters. The first-order chi connectivity index (χ1) is 20.0. The van der Waals surface area contributed by atoms with Crippen LogP contribution in [0.1, 0.15) is 53.9 Å². The zero-order valence-electron chi connectivity index (χ0n) is 23.9. The van der Waals surface area contributed by atoms with Crippen molar-refractivity contribution in [2.75, 3.05) is 0 Å². The van der Waals surface area contributed by atoms with E-state index < -0.39 is 0 Å². The summed E-state index contributed by atoms with van der Waals surface area (Å²) in [5.74, 6) is 0.656. The molecule has 2 heterocycles. The average molecular weight is 534 g/mol. The fourth-order valence-electron chi connectivity index (χ4n) is 6.84. The van der Waals surface area contributed by atoms with Gasteiger partial charge in [-0.25, -0.2) is 4.57 Å². The Morgan fingerprint density at radius 3 is 2.15 bits per heavy atom. The predicted octanol–water partition coefficient (Wildman–Crippen LogP) is 9.56. The molecular weight excluding hydrogens is 500 g/mol. The van der Waals surface area contributed by atoms with Gasteiger partial charge in [-0.2, -0.15) is 5.26 Å². The SMILES string of the molecule is Cc1c[n+](C)c(-c2c(C)ccc3c2oc2c(-c4ccc(C5CCCC5)cc4)c(C#N)ccc23)cc1-c1ccccc1. The summed E-state index contributed by atoms with van der Waals surface area (Å²) >= 11 is 0. The lowest BCUT2D eigenvalue weighted by Crippen LogP contribution is -2.31. The number of hydrogen-bond donors (Lipinski definition) is 0. The Kier molecular flexibility index (Phi) is 6.20. The topological polar surface area (TPSA) is 40.8 Å². The summed E-state index contributed by atoms with van der Waals surface area (Å²) in [7, 11) is 2.10. The van der Waals surface area contributed by atoms with Crippen LogP contribution < -0.4 is 4.57 Å². The van der Waals surface area contributed by atoms with E-state index in [1.54, 1.807) is 0 Å². The van der Waals surface area contributed by atoms with Crippen LogP contribution in [0.25, 0.3) is 55.4 Å². The molecule has 200 valence electrons. The maximum atomic E-state index is 10.1. The average Bonchev–Trinajstić information content (AvgIpc) is 3.66. The Hall–Kier alpha value is -4.68. The van der Waals surface area contributed by atoms with Crippen LogP contribution >= 0.6 is 0 Å². The lowest BCUT2D eigenvalue weighted by molar-refractivity contribution is -0.660. The number of nitriles is 1. The molecule has 7 rings (SSSR count). The summed E-state index contributed by atoms with van der Waals surface area (Å²) in [5, 5.41) is 12.2. The minimum absolute atomic E-state index is 0.635. The van der Waals surface area contributed by atoms with Crippen LogP contribution in [0.2, 0.25) is 0 Å². The molecule has 0 radical (unpaired) electrons. The van der Waals surface area contributed by atoms with Crippen LogP contribution in [0.3, 0.4) is 0 Å². The number of hydrogen-bond acceptors (Lipinski definition) is 2. The number of rotatable bonds is 4. The van der Waals surface area contributed by atoms with Crippen molar-refractivity contribution in [1.29, 1.82) is 5.26 Å². The fourth-order valence-corrected chi connectivity index (χ4v) is 6.84. The minimum Gasteiger partial charge on any atom is -0.454 e. The number of fused-ring (bicyclic) bond motifs is 3. The van der Waals surface area contributed by atoms with E-state index in [0.29, 0.717) is 11.5 Å². The van der Waals surface area contributed by atoms with Crippen LogP contribution in [0, 0.1) is 25.2 Å². The number of furan rings is 1. The molecule has 4 aromatic carbocycles. The molecule has 2 aromatic heterocycles. The van der Waals surface area contributed by atoms with Crippen molar-refractivity contribution in [2.24, 2.45) is 7.05 Å². The summed E-state index contributed by atoms with van der Waals surface area (Å²) in [6, 6.07) is 32.4. The van der Waals surface area contributed by atoms with Gasteiger partial charge in [-0.3, -0.25) is 0 Å². The molecular formula is C38H33N2O+. The van der Waals surface area contributed by atoms with Crippen molar-refractivity contribution in [1.82, 2.24) is 0 Å². The molecule has 1 aliphatic rings. The van der Waals surface area contributed by atoms with E-state index in [0.717, 1.165) is 49.9 Å². The van der Waals surface area contributed by atoms with Gasteiger partial charge in [0.05, 0.1) is 17.2 Å². The lowest BCUT2D eigenvalue weighted by atomic mass is 9.92. The highest BCUT2D eigenvalue weighted by Gasteiger charge is 2.25. The number of pyridine rings is 1. The Morgan fingerprint density at radius 1 is 0.756 bits per heavy atom. The molecule has 0 bridgehead atoms. The number of nitrogens with zero attached hydrogens (tertiary/aromatic N) is 2. The second-order valence-electron chi connectivity index (χ2n) is 11.5. The van der Waals surface area contributed by atoms with Gasteiger partial charge in [-0.15, -0.1) is 0 Å². The van der Waals surface area contributed by atoms with Gasteiger partial charge < -0.3 is 4.42 Å². The van der Waals surface area contributed by atoms with E-state index in [1.807, 2.05) is 12.1 Å². The first kappa shape index (κ1) is 25.3. The molecule has 0 spiro atoms. The molecule has 41 heavy (non-hydrogen) atoms. The summed E-state index contributed by atoms with van der Waals surface area (Å²) < 4.78 is 9.04. The standard InChI is InChI=1S/C38H33N2O/c1-24-13-19-31-32-20-18-30(22-39)36(29-16-14-27(15-17-29)26-9-7-8-10-26)38(32)41-37(31)35(24)34-21-33(25(2)23-40(34)3)28-11-5-4-6-12-28/h4-6,11-21,23,26H,7-10H2,1-3H3/q+1. The summed E-state index contributed by atoms with van der Waals surface area (Å²) in [6.45, 7) is 4.31. The van der Waals surface area contributed by atoms with Crippen LogP contribution in [0.5, 0.6) is 0 Å². The van der Waals surface area contributed by atoms with E-state index in [9.17, 15) is 5.26 Å². The third-order valence-electron chi connectivity index (χ3n) is 8.98. The molecule has 3 nitrogen and oxygen atoms in total. The van der Waals surface area contributed by atoms with E-state index in [-0.39, 0.29) is 0 Å². The van der Waals surface area contributed by atoms with Crippen LogP contribution in [0.4, 0.5) is 0 Å². The van der Waals surface area contributed by atoms with Crippen LogP contribution in [-0.2, 0) is 7.05 Å². The Labute approximate surface area is 241 Å². The molecule has 1 saturated carbocycles. The maximum absolute atomic E-state index is 10.1. The van der Waals surface area contributed by atoms with Gasteiger partial charge >= 0.3 is 0 Å². The van der Waals surface area contributed by atoms with Crippen LogP contribution in [0.15, 0.2) is 95.5 Å². The van der Waals surface area contributed by atoms with Crippen molar-refractivity contribution in [3.8, 4) is 39.6 Å². The van der Waals surface area contributed by atoms with Gasteiger partial charge in [0, 0.05) is 28.0 Å². The molecule has 0 amide bonds. The Morgan fingerprint density at radius 2 is 1.44 bits per heavy atom. The predicted molar refractivity (Wildman–Crippen MR) is 167 cm³/mol. The third-order valence-corrected chi connectivity index (χ3v) is 8.98. The largest absolute Gasteiger partial charge is 0.454 e. The normalized spacial score (nSPS) is 13.7. The monoisotopic (exact) mass is 533 g/mol. The minimum atomic E-state index is 0.635. The molecule has 3 heteroatoms. The molecule has 0 aliphatic heterocycles. The van der Waals surface area contributed by atoms with E-state index in [1.165, 1.54) is 47.9 Å². The maximum Gasteiger partial charge on any atom is 0.216 e. The number of benzene rings is 4. The van der Waals surface area contributed by atoms with Crippen molar-refractivity contribution >= 4 is 21.9 Å². The second-order valence-corrected chi connectivity index (χ2v) is 11.5. The zero-order chi connectivity index (χ0) is 28.1. The van der Waals surface area contributed by atoms with Gasteiger partial charge in [0.2, 0.25) is 5.69 Å². The van der Waals surface area contributed by atoms with Gasteiger partial charge in [0.25, 0.3) is 0 Å². The smallest absolute Gasteiger partial charge is 0.216 e. The molecule has 1 fully saturated rings. The Bertz CT molecular complexity index is 1970. The van der Waals surface area contributed by atoms with Crippen molar-refractivity contribution in [3.63, 3.8) is 0 Å². The summed E-state index contributed by atoms with van der Waals surface area (Å²) in [6.07, 6.45) is 7.37. The highest BCUT2D eigenvalue weighted by atomic mass is 16.3. The highest BCUT2D eigenvalue weighted by Crippen LogP contribution is 2.43. The van der Waals surface area contributed by atoms with Crippen LogP contribution in [-0.4, -0.2) is 0 Å². The third kappa shape index (κ3) is 4.23. The number of aryl methyl sites for hydroxylation is 3. The molecule has 0 atom stereocenters. The first-order valence-corrected chi connectivity index (χ1v) is 14.6. The van der Waals surface area contributed by atoms with E-state index in [4.69, 9.17) is 4.42 Å². The fraction of sp³-hybridized carbons (Fsp3) is 0.211. The first-order valence-electron chi connectivity index (χ1n) is 14.6. The van der Waals surface area contributed by atoms with Gasteiger partial charge in [0.15, 0.2) is 6.20 Å². The lowest BCUT2D eigenvalue weighted by Gasteiger charge is -2.11. The zero-order valence-corrected chi connectivity index (χ0v) is 23.9. The van der Waals surface area contributed by atoms with Crippen molar-refractivity contribution < 1.29 is 8.98 Å². The van der Waals surface area contributed by atoms with E-state index in [2.05, 4.69) is 111 Å². The van der Waals surface area contributed by atoms with Gasteiger partial charge in [-0.05, 0) is 72.6 Å². The Balaban J connectivity index is 1.45.